The van der Waals surface area contributed by atoms with E-state index in [1.807, 2.05) is 11.3 Å². The number of rotatable bonds is 0. The number of thiophene rings is 2. The van der Waals surface area contributed by atoms with Gasteiger partial charge in [0.2, 0.25) is 0 Å². The fourth-order valence-corrected chi connectivity index (χ4v) is 5.53. The highest BCUT2D eigenvalue weighted by atomic mass is 127. The summed E-state index contributed by atoms with van der Waals surface area (Å²) in [6.45, 7) is 0. The molecule has 2 heterocycles. The van der Waals surface area contributed by atoms with Crippen molar-refractivity contribution < 1.29 is 0 Å². The lowest BCUT2D eigenvalue weighted by Gasteiger charge is -1.80. The molecule has 0 saturated heterocycles. The summed E-state index contributed by atoms with van der Waals surface area (Å²) in [4.78, 5) is 0. The van der Waals surface area contributed by atoms with Crippen LogP contribution in [0.25, 0.3) is 9.40 Å². The van der Waals surface area contributed by atoms with E-state index in [1.54, 1.807) is 11.3 Å². The van der Waals surface area contributed by atoms with E-state index < -0.39 is 0 Å². The van der Waals surface area contributed by atoms with Crippen LogP contribution in [0.15, 0.2) is 14.3 Å². The van der Waals surface area contributed by atoms with Gasteiger partial charge in [-0.15, -0.1) is 22.7 Å². The van der Waals surface area contributed by atoms with Crippen molar-refractivity contribution in [2.24, 2.45) is 0 Å². The number of hydrogen-bond donors (Lipinski definition) is 0. The first-order valence-corrected chi connectivity index (χ1v) is 7.01. The highest BCUT2D eigenvalue weighted by molar-refractivity contribution is 14.1. The molecule has 0 bridgehead atoms. The maximum absolute atomic E-state index is 3.56. The normalized spacial score (nSPS) is 11.2. The van der Waals surface area contributed by atoms with Crippen LogP contribution in [0.4, 0.5) is 0 Å². The Morgan fingerprint density at radius 1 is 1.27 bits per heavy atom. The summed E-state index contributed by atoms with van der Waals surface area (Å²) in [7, 11) is 0. The molecule has 2 rings (SSSR count). The van der Waals surface area contributed by atoms with E-state index >= 15 is 0 Å². The Bertz CT molecular complexity index is 404. The summed E-state index contributed by atoms with van der Waals surface area (Å²) in [5.41, 5.74) is 0. The molecule has 0 N–H and O–H groups in total. The molecule has 0 saturated carbocycles. The third-order valence-corrected chi connectivity index (χ3v) is 7.21. The maximum Gasteiger partial charge on any atom is 0.0816 e. The van der Waals surface area contributed by atoms with Gasteiger partial charge in [-0.25, -0.2) is 0 Å². The van der Waals surface area contributed by atoms with Gasteiger partial charge in [-0.3, -0.25) is 0 Å². The van der Waals surface area contributed by atoms with Crippen molar-refractivity contribution in [3.63, 3.8) is 0 Å². The molecule has 0 radical (unpaired) electrons. The second-order valence-electron chi connectivity index (χ2n) is 1.93. The van der Waals surface area contributed by atoms with Crippen LogP contribution in [-0.2, 0) is 0 Å². The number of hydrogen-bond acceptors (Lipinski definition) is 2. The van der Waals surface area contributed by atoms with E-state index in [2.05, 4.69) is 60.5 Å². The lowest BCUT2D eigenvalue weighted by Crippen LogP contribution is -1.53. The molecule has 58 valence electrons. The number of fused-ring (bicyclic) bond motifs is 1. The summed E-state index contributed by atoms with van der Waals surface area (Å²) in [5, 5.41) is 0. The molecule has 0 unspecified atom stereocenters. The van der Waals surface area contributed by atoms with E-state index in [0.29, 0.717) is 0 Å². The third kappa shape index (κ3) is 1.54. The van der Waals surface area contributed by atoms with Crippen molar-refractivity contribution in [1.82, 2.24) is 0 Å². The van der Waals surface area contributed by atoms with E-state index in [1.165, 1.54) is 20.5 Å². The first-order chi connectivity index (χ1) is 5.18. The van der Waals surface area contributed by atoms with Crippen molar-refractivity contribution in [3.05, 3.63) is 17.2 Å². The van der Waals surface area contributed by atoms with E-state index in [9.17, 15) is 0 Å². The second kappa shape index (κ2) is 3.25. The lowest BCUT2D eigenvalue weighted by atomic mass is 10.5. The Morgan fingerprint density at radius 3 is 2.64 bits per heavy atom. The van der Waals surface area contributed by atoms with E-state index in [0.717, 1.165) is 0 Å². The van der Waals surface area contributed by atoms with Crippen molar-refractivity contribution in [2.45, 2.75) is 0 Å². The maximum atomic E-state index is 3.56. The van der Waals surface area contributed by atoms with Crippen LogP contribution in [0.3, 0.4) is 0 Å². The third-order valence-electron chi connectivity index (χ3n) is 1.24. The van der Waals surface area contributed by atoms with Crippen molar-refractivity contribution in [1.29, 1.82) is 0 Å². The monoisotopic (exact) mass is 422 g/mol. The Labute approximate surface area is 102 Å². The van der Waals surface area contributed by atoms with Crippen LogP contribution < -0.4 is 0 Å². The molecule has 0 amide bonds. The van der Waals surface area contributed by atoms with Gasteiger partial charge in [-0.2, -0.15) is 0 Å². The Hall–Kier alpha value is 1.35. The molecule has 0 atom stereocenters. The molecule has 0 nitrogen and oxygen atoms in total. The molecule has 5 heteroatoms. The molecular weight excluding hydrogens is 423 g/mol. The van der Waals surface area contributed by atoms with Gasteiger partial charge < -0.3 is 0 Å². The van der Waals surface area contributed by atoms with Crippen LogP contribution in [0.1, 0.15) is 0 Å². The molecule has 2 aromatic heterocycles. The average Bonchev–Trinajstić information content (AvgIpc) is 2.37. The second-order valence-corrected chi connectivity index (χ2v) is 8.02. The van der Waals surface area contributed by atoms with Gasteiger partial charge in [-0.05, 0) is 60.5 Å². The minimum absolute atomic E-state index is 1.20. The van der Waals surface area contributed by atoms with E-state index in [-0.39, 0.29) is 0 Å². The summed E-state index contributed by atoms with van der Waals surface area (Å²) in [6, 6.07) is 2.16. The highest BCUT2D eigenvalue weighted by Gasteiger charge is 2.09. The Balaban J connectivity index is 2.88. The molecule has 2 aromatic rings. The lowest BCUT2D eigenvalue weighted by molar-refractivity contribution is 1.98. The van der Waals surface area contributed by atoms with Gasteiger partial charge in [0.15, 0.2) is 0 Å². The molecule has 0 aliphatic carbocycles. The fraction of sp³-hybridized carbons (Fsp3) is 0. The summed E-state index contributed by atoms with van der Waals surface area (Å²) in [6.07, 6.45) is 0. The first kappa shape index (κ1) is 8.93. The van der Waals surface area contributed by atoms with Crippen LogP contribution in [0.2, 0.25) is 0 Å². The van der Waals surface area contributed by atoms with Crippen LogP contribution in [0.5, 0.6) is 0 Å². The van der Waals surface area contributed by atoms with Gasteiger partial charge in [-0.1, -0.05) is 0 Å². The summed E-state index contributed by atoms with van der Waals surface area (Å²) < 4.78 is 6.49. The summed E-state index contributed by atoms with van der Waals surface area (Å²) >= 11 is 13.0. The van der Waals surface area contributed by atoms with Gasteiger partial charge in [0, 0.05) is 4.70 Å². The van der Waals surface area contributed by atoms with Crippen LogP contribution in [-0.4, -0.2) is 0 Å². The van der Waals surface area contributed by atoms with Crippen molar-refractivity contribution in [3.8, 4) is 0 Å². The molecule has 0 aliphatic rings. The minimum Gasteiger partial charge on any atom is -0.127 e. The molecule has 0 fully saturated rings. The van der Waals surface area contributed by atoms with Crippen LogP contribution in [0, 0.1) is 2.88 Å². The first-order valence-electron chi connectivity index (χ1n) is 2.71. The zero-order valence-corrected chi connectivity index (χ0v) is 12.0. The molecule has 0 spiro atoms. The largest absolute Gasteiger partial charge is 0.127 e. The predicted octanol–water partition coefficient (Wildman–Crippen LogP) is 5.09. The van der Waals surface area contributed by atoms with Crippen molar-refractivity contribution in [2.75, 3.05) is 0 Å². The summed E-state index contributed by atoms with van der Waals surface area (Å²) in [5.74, 6) is 0. The Kier molecular flexibility index (Phi) is 2.64. The smallest absolute Gasteiger partial charge is 0.0816 e. The van der Waals surface area contributed by atoms with Crippen LogP contribution >= 0.6 is 77.1 Å². The van der Waals surface area contributed by atoms with Gasteiger partial charge in [0.05, 0.1) is 15.8 Å². The Morgan fingerprint density at radius 2 is 2.00 bits per heavy atom. The van der Waals surface area contributed by atoms with Gasteiger partial charge in [0.25, 0.3) is 0 Å². The zero-order valence-electron chi connectivity index (χ0n) is 5.03. The topological polar surface area (TPSA) is 0 Å². The molecule has 0 aromatic carbocycles. The number of halogens is 3. The van der Waals surface area contributed by atoms with Gasteiger partial charge >= 0.3 is 0 Å². The average molecular weight is 424 g/mol. The van der Waals surface area contributed by atoms with E-state index in [4.69, 9.17) is 0 Å². The van der Waals surface area contributed by atoms with Gasteiger partial charge in [0.1, 0.15) is 0 Å². The molecule has 0 aliphatic heterocycles. The fourth-order valence-electron chi connectivity index (χ4n) is 0.805. The SMILES string of the molecule is Brc1cc2sc(I)c(Br)c2s1. The molecular formula is C6HBr2IS2. The quantitative estimate of drug-likeness (QED) is 0.517. The van der Waals surface area contributed by atoms with Crippen molar-refractivity contribution >= 4 is 86.5 Å². The standard InChI is InChI=1S/C6HBr2IS2/c7-3-1-2-5(11-3)4(8)6(9)10-2/h1H. The minimum atomic E-state index is 1.20. The molecule has 11 heavy (non-hydrogen) atoms. The predicted molar refractivity (Wildman–Crippen MR) is 67.8 cm³/mol. The highest BCUT2D eigenvalue weighted by Crippen LogP contribution is 2.42. The zero-order chi connectivity index (χ0) is 8.01.